The van der Waals surface area contributed by atoms with Crippen molar-refractivity contribution in [2.45, 2.75) is 31.1 Å². The van der Waals surface area contributed by atoms with E-state index in [1.54, 1.807) is 4.57 Å². The second kappa shape index (κ2) is 6.37. The number of amides is 1. The minimum atomic E-state index is -2.81. The van der Waals surface area contributed by atoms with Gasteiger partial charge in [0.1, 0.15) is 11.3 Å². The molecule has 2 aromatic rings. The van der Waals surface area contributed by atoms with Gasteiger partial charge in [-0.1, -0.05) is 0 Å². The topological polar surface area (TPSA) is 65.2 Å². The van der Waals surface area contributed by atoms with E-state index in [1.807, 2.05) is 31.4 Å². The molecule has 8 heteroatoms. The highest BCUT2D eigenvalue weighted by molar-refractivity contribution is 5.95. The van der Waals surface area contributed by atoms with Crippen LogP contribution >= 0.6 is 0 Å². The number of carbonyl (C=O) groups excluding carboxylic acids is 1. The van der Waals surface area contributed by atoms with Crippen molar-refractivity contribution in [3.63, 3.8) is 0 Å². The van der Waals surface area contributed by atoms with Gasteiger partial charge in [-0.25, -0.2) is 13.8 Å². The van der Waals surface area contributed by atoms with Crippen LogP contribution in [-0.4, -0.2) is 45.9 Å². The van der Waals surface area contributed by atoms with Gasteiger partial charge in [0.15, 0.2) is 0 Å². The minimum absolute atomic E-state index is 0.162. The number of halogens is 2. The number of carbonyl (C=O) groups is 1. The third kappa shape index (κ3) is 3.20. The molecule has 152 valence electrons. The Balaban J connectivity index is 1.47. The van der Waals surface area contributed by atoms with E-state index < -0.39 is 12.5 Å². The first-order valence-electron chi connectivity index (χ1n) is 9.98. The number of hydrogen-bond donors (Lipinski definition) is 1. The second-order valence-corrected chi connectivity index (χ2v) is 8.42. The normalized spacial score (nSPS) is 24.7. The molecule has 2 aliphatic heterocycles. The predicted octanol–water partition coefficient (Wildman–Crippen LogP) is 3.03. The average Bonchev–Trinajstić information content (AvgIpc) is 3.48. The maximum atomic E-state index is 13.7. The first-order chi connectivity index (χ1) is 13.8. The summed E-state index contributed by atoms with van der Waals surface area (Å²) in [5.74, 6) is -1.51. The molecule has 1 saturated heterocycles. The predicted molar refractivity (Wildman–Crippen MR) is 103 cm³/mol. The number of anilines is 2. The van der Waals surface area contributed by atoms with E-state index in [2.05, 4.69) is 9.88 Å². The number of hydrogen-bond acceptors (Lipinski definition) is 4. The van der Waals surface area contributed by atoms with Crippen LogP contribution in [0.1, 0.15) is 41.1 Å². The Morgan fingerprint density at radius 3 is 2.93 bits per heavy atom. The van der Waals surface area contributed by atoms with Crippen LogP contribution in [0.15, 0.2) is 30.6 Å². The summed E-state index contributed by atoms with van der Waals surface area (Å²) in [6.45, 7) is 0.675. The van der Waals surface area contributed by atoms with E-state index in [-0.39, 0.29) is 12.3 Å². The number of piperidine rings is 1. The number of rotatable bonds is 2. The molecule has 1 aliphatic carbocycles. The first-order valence-corrected chi connectivity index (χ1v) is 9.98. The van der Waals surface area contributed by atoms with Gasteiger partial charge in [0.25, 0.3) is 11.8 Å². The molecule has 4 heterocycles. The van der Waals surface area contributed by atoms with Gasteiger partial charge >= 0.3 is 0 Å². The van der Waals surface area contributed by atoms with E-state index in [0.717, 1.165) is 30.0 Å². The van der Waals surface area contributed by atoms with Gasteiger partial charge < -0.3 is 14.4 Å². The van der Waals surface area contributed by atoms with E-state index in [9.17, 15) is 13.6 Å². The van der Waals surface area contributed by atoms with Gasteiger partial charge in [0, 0.05) is 50.7 Å². The van der Waals surface area contributed by atoms with E-state index >= 15 is 0 Å². The molecule has 0 spiro atoms. The van der Waals surface area contributed by atoms with E-state index in [4.69, 9.17) is 5.41 Å². The molecule has 3 aliphatic rings. The fraction of sp³-hybridized carbons (Fsp3) is 0.476. The Kier molecular flexibility index (Phi) is 4.01. The monoisotopic (exact) mass is 399 g/mol. The number of alkyl halides is 2. The Labute approximate surface area is 167 Å². The maximum Gasteiger partial charge on any atom is 0.265 e. The Morgan fingerprint density at radius 2 is 2.17 bits per heavy atom. The van der Waals surface area contributed by atoms with E-state index in [0.29, 0.717) is 35.9 Å². The van der Waals surface area contributed by atoms with Crippen molar-refractivity contribution >= 4 is 17.4 Å². The van der Waals surface area contributed by atoms with Gasteiger partial charge in [-0.2, -0.15) is 0 Å². The molecule has 1 saturated carbocycles. The summed E-state index contributed by atoms with van der Waals surface area (Å²) in [6.07, 6.45) is 4.55. The molecule has 0 aromatic carbocycles. The van der Waals surface area contributed by atoms with Crippen LogP contribution in [0, 0.1) is 11.3 Å². The van der Waals surface area contributed by atoms with Crippen molar-refractivity contribution in [1.82, 2.24) is 14.5 Å². The maximum absolute atomic E-state index is 13.7. The first kappa shape index (κ1) is 18.3. The molecule has 2 atom stereocenters. The number of aryl methyl sites for hydroxylation is 1. The molecule has 1 amide bonds. The molecular formula is C21H23F2N5O. The van der Waals surface area contributed by atoms with Gasteiger partial charge in [0.05, 0.1) is 12.1 Å². The molecular weight excluding hydrogens is 376 g/mol. The number of nitrogens with zero attached hydrogens (tertiary/aromatic N) is 4. The number of aromatic nitrogens is 2. The summed E-state index contributed by atoms with van der Waals surface area (Å²) < 4.78 is 29.2. The zero-order valence-electron chi connectivity index (χ0n) is 16.2. The Morgan fingerprint density at radius 1 is 1.34 bits per heavy atom. The van der Waals surface area contributed by atoms with Gasteiger partial charge in [-0.3, -0.25) is 10.2 Å². The van der Waals surface area contributed by atoms with Crippen LogP contribution in [-0.2, 0) is 7.05 Å². The van der Waals surface area contributed by atoms with Crippen LogP contribution < -0.4 is 10.4 Å². The van der Waals surface area contributed by atoms with Crippen LogP contribution in [0.4, 0.5) is 20.3 Å². The lowest BCUT2D eigenvalue weighted by atomic mass is 10.0. The number of pyridine rings is 2. The summed E-state index contributed by atoms with van der Waals surface area (Å²) in [4.78, 5) is 20.8. The molecule has 5 rings (SSSR count). The van der Waals surface area contributed by atoms with Gasteiger partial charge in [-0.15, -0.1) is 0 Å². The van der Waals surface area contributed by atoms with Crippen LogP contribution in [0.25, 0.3) is 0 Å². The number of likely N-dealkylation sites (tertiary alicyclic amines) is 1. The van der Waals surface area contributed by atoms with Crippen LogP contribution in [0.5, 0.6) is 0 Å². The zero-order valence-corrected chi connectivity index (χ0v) is 16.2. The number of fused-ring (bicyclic) bond motifs is 3. The van der Waals surface area contributed by atoms with Crippen LogP contribution in [0.2, 0.25) is 0 Å². The molecule has 1 N–H and O–H groups in total. The average molecular weight is 399 g/mol. The highest BCUT2D eigenvalue weighted by Crippen LogP contribution is 2.55. The van der Waals surface area contributed by atoms with Crippen molar-refractivity contribution < 1.29 is 13.6 Å². The number of nitrogens with one attached hydrogen (secondary N) is 1. The van der Waals surface area contributed by atoms with E-state index in [1.165, 1.54) is 11.1 Å². The largest absolute Gasteiger partial charge is 0.336 e. The standard InChI is InChI=1S/C21H23F2N5O/c1-26-6-3-15(9-18(26)24)28-11-14-8-16(14)17-7-13(10-25-19(17)28)20(29)27-5-2-4-21(22,23)12-27/h3,6-7,9-10,14,16,24H,2,4-5,8,11-12H2,1H3. The third-order valence-corrected chi connectivity index (χ3v) is 6.26. The highest BCUT2D eigenvalue weighted by atomic mass is 19.3. The zero-order chi connectivity index (χ0) is 20.3. The van der Waals surface area contributed by atoms with Gasteiger partial charge in [-0.05, 0) is 42.4 Å². The molecule has 29 heavy (non-hydrogen) atoms. The van der Waals surface area contributed by atoms with Crippen molar-refractivity contribution in [1.29, 1.82) is 5.41 Å². The van der Waals surface area contributed by atoms with Crippen molar-refractivity contribution in [3.05, 3.63) is 47.2 Å². The molecule has 2 aromatic heterocycles. The lowest BCUT2D eigenvalue weighted by Gasteiger charge is -2.33. The van der Waals surface area contributed by atoms with Crippen molar-refractivity contribution in [3.8, 4) is 0 Å². The molecule has 2 unspecified atom stereocenters. The van der Waals surface area contributed by atoms with Gasteiger partial charge in [0.2, 0.25) is 0 Å². The summed E-state index contributed by atoms with van der Waals surface area (Å²) in [5.41, 5.74) is 2.70. The lowest BCUT2D eigenvalue weighted by Crippen LogP contribution is -2.45. The Bertz CT molecular complexity index is 1050. The second-order valence-electron chi connectivity index (χ2n) is 8.42. The third-order valence-electron chi connectivity index (χ3n) is 6.26. The molecule has 2 fully saturated rings. The fourth-order valence-corrected chi connectivity index (χ4v) is 4.52. The fourth-order valence-electron chi connectivity index (χ4n) is 4.52. The smallest absolute Gasteiger partial charge is 0.265 e. The molecule has 6 nitrogen and oxygen atoms in total. The lowest BCUT2D eigenvalue weighted by molar-refractivity contribution is -0.0560. The summed E-state index contributed by atoms with van der Waals surface area (Å²) in [5, 5.41) is 8.06. The molecule has 0 radical (unpaired) electrons. The summed E-state index contributed by atoms with van der Waals surface area (Å²) in [6, 6.07) is 5.61. The SMILES string of the molecule is Cn1ccc(N2CC3CC3c3cc(C(=O)N4CCCC(F)(F)C4)cnc32)cc1=N. The van der Waals surface area contributed by atoms with Crippen molar-refractivity contribution in [2.24, 2.45) is 13.0 Å². The quantitative estimate of drug-likeness (QED) is 0.844. The summed E-state index contributed by atoms with van der Waals surface area (Å²) >= 11 is 0. The highest BCUT2D eigenvalue weighted by Gasteiger charge is 2.46. The van der Waals surface area contributed by atoms with Crippen LogP contribution in [0.3, 0.4) is 0 Å². The van der Waals surface area contributed by atoms with Crippen molar-refractivity contribution in [2.75, 3.05) is 24.5 Å². The molecule has 0 bridgehead atoms. The minimum Gasteiger partial charge on any atom is -0.336 e. The Hall–Kier alpha value is -2.77. The summed E-state index contributed by atoms with van der Waals surface area (Å²) in [7, 11) is 1.83.